The zero-order valence-corrected chi connectivity index (χ0v) is 94.3. The van der Waals surface area contributed by atoms with Crippen LogP contribution >= 0.6 is 0 Å². The average Bonchev–Trinajstić information content (AvgIpc) is 1.79. The molecule has 0 bridgehead atoms. The minimum Gasteiger partial charge on any atom is -0.469 e. The monoisotopic (exact) mass is 1770 g/mol. The van der Waals surface area contributed by atoms with Crippen molar-refractivity contribution in [1.29, 1.82) is 0 Å². The normalized spacial score (nSPS) is 14.7. The Hall–Kier alpha value is -6.22. The number of ether oxygens (including phenoxy) is 2. The lowest BCUT2D eigenvalue weighted by Gasteiger charge is -2.38. The first-order chi connectivity index (χ1) is 58.5. The molecule has 1 saturated carbocycles. The number of hydrogen-bond acceptors (Lipinski definition) is 11. The minimum absolute atomic E-state index is 0.0272. The van der Waals surface area contributed by atoms with Gasteiger partial charge in [-0.3, -0.25) is 24.6 Å². The molecule has 5 fully saturated rings. The van der Waals surface area contributed by atoms with Gasteiger partial charge < -0.3 is 33.9 Å². The van der Waals surface area contributed by atoms with Gasteiger partial charge in [0.15, 0.2) is 0 Å². The van der Waals surface area contributed by atoms with Crippen LogP contribution in [-0.4, -0.2) is 112 Å². The summed E-state index contributed by atoms with van der Waals surface area (Å²) in [4.78, 5) is 38.7. The Morgan fingerprint density at radius 3 is 1.00 bits per heavy atom. The second kappa shape index (κ2) is 79.7. The number of nitrogens with zero attached hydrogens (tertiary/aromatic N) is 6. The van der Waals surface area contributed by atoms with Crippen molar-refractivity contribution < 1.29 is 28.0 Å². The van der Waals surface area contributed by atoms with Crippen LogP contribution in [-0.2, 0) is 46.8 Å². The molecule has 2 atom stereocenters. The fourth-order valence-corrected chi connectivity index (χ4v) is 10.7. The smallest absolute Gasteiger partial charge is 0.317 e. The van der Waals surface area contributed by atoms with Crippen LogP contribution in [0, 0.1) is 28.1 Å². The van der Waals surface area contributed by atoms with E-state index in [1.165, 1.54) is 42.4 Å². The average molecular weight is 1770 g/mol. The van der Waals surface area contributed by atoms with Gasteiger partial charge in [-0.05, 0) is 171 Å². The number of rotatable bonds is 0. The lowest BCUT2D eigenvalue weighted by Crippen LogP contribution is -2.47. The van der Waals surface area contributed by atoms with Crippen molar-refractivity contribution in [3.05, 3.63) is 168 Å². The molecule has 1 aromatic carbocycles. The van der Waals surface area contributed by atoms with Crippen LogP contribution in [0.4, 0.5) is 4.79 Å². The molecule has 4 aliphatic heterocycles. The maximum absolute atomic E-state index is 11.1. The van der Waals surface area contributed by atoms with Crippen LogP contribution in [0.15, 0.2) is 143 Å². The van der Waals surface area contributed by atoms with Gasteiger partial charge in [0.2, 0.25) is 5.91 Å². The third kappa shape index (κ3) is 77.7. The number of hydrogen-bond donors (Lipinski definition) is 2. The van der Waals surface area contributed by atoms with Gasteiger partial charge in [0.05, 0.1) is 31.8 Å². The van der Waals surface area contributed by atoms with E-state index in [0.29, 0.717) is 27.9 Å². The highest BCUT2D eigenvalue weighted by Gasteiger charge is 2.35. The van der Waals surface area contributed by atoms with E-state index in [1.807, 2.05) is 239 Å². The molecular weight excluding hydrogens is 1550 g/mol. The van der Waals surface area contributed by atoms with Gasteiger partial charge in [-0.2, -0.15) is 0 Å². The van der Waals surface area contributed by atoms with Crippen LogP contribution in [0.5, 0.6) is 0 Å². The topological polar surface area (TPSA) is 161 Å². The number of amides is 3. The molecule has 742 valence electrons. The Labute approximate surface area is 787 Å². The molecule has 14 nitrogen and oxygen atoms in total. The number of morpholine rings is 1. The Morgan fingerprint density at radius 2 is 0.802 bits per heavy atom. The third-order valence-corrected chi connectivity index (χ3v) is 18.0. The molecule has 0 spiro atoms. The van der Waals surface area contributed by atoms with Crippen LogP contribution in [0.25, 0.3) is 0 Å². The first-order valence-electron chi connectivity index (χ1n) is 49.5. The molecule has 3 amide bonds. The summed E-state index contributed by atoms with van der Waals surface area (Å²) in [5.41, 5.74) is 7.78. The van der Waals surface area contributed by atoms with Crippen molar-refractivity contribution in [3.8, 4) is 0 Å². The fraction of sp³-hybridized carbons (Fsp3) is 0.732. The first-order valence-corrected chi connectivity index (χ1v) is 49.5. The van der Waals surface area contributed by atoms with E-state index in [1.54, 1.807) is 18.7 Å². The number of aromatic nitrogens is 4. The minimum atomic E-state index is -0.0272. The molecule has 14 heteroatoms. The number of nitrogens with one attached hydrogen (secondary N) is 2. The highest BCUT2D eigenvalue weighted by atomic mass is 16.5. The lowest BCUT2D eigenvalue weighted by atomic mass is 9.80. The van der Waals surface area contributed by atoms with Crippen molar-refractivity contribution in [2.45, 2.75) is 463 Å². The number of urea groups is 1. The number of furan rings is 1. The maximum Gasteiger partial charge on any atom is 0.317 e. The number of carbonyl (C=O) groups is 2. The van der Waals surface area contributed by atoms with E-state index < -0.39 is 0 Å². The van der Waals surface area contributed by atoms with Gasteiger partial charge >= 0.3 is 6.03 Å². The summed E-state index contributed by atoms with van der Waals surface area (Å²) in [5, 5.41) is 9.21. The van der Waals surface area contributed by atoms with Crippen LogP contribution in [0.3, 0.4) is 0 Å². The van der Waals surface area contributed by atoms with Crippen LogP contribution in [0.2, 0.25) is 0 Å². The third-order valence-electron chi connectivity index (χ3n) is 18.0. The molecule has 0 radical (unpaired) electrons. The van der Waals surface area contributed by atoms with E-state index in [9.17, 15) is 9.59 Å². The summed E-state index contributed by atoms with van der Waals surface area (Å²) in [6, 6.07) is 30.6. The molecule has 5 aliphatic rings. The van der Waals surface area contributed by atoms with Gasteiger partial charge in [-0.1, -0.05) is 387 Å². The summed E-state index contributed by atoms with van der Waals surface area (Å²) in [7, 11) is 0. The second-order valence-electron chi connectivity index (χ2n) is 39.2. The molecule has 126 heavy (non-hydrogen) atoms. The van der Waals surface area contributed by atoms with Crippen LogP contribution < -0.4 is 10.6 Å². The second-order valence-corrected chi connectivity index (χ2v) is 39.2. The highest BCUT2D eigenvalue weighted by Crippen LogP contribution is 2.44. The molecule has 4 saturated heterocycles. The molecule has 2 N–H and O–H groups in total. The van der Waals surface area contributed by atoms with Gasteiger partial charge in [-0.25, -0.2) is 4.79 Å². The largest absolute Gasteiger partial charge is 0.469 e. The molecule has 6 aromatic rings. The quantitative estimate of drug-likeness (QED) is 0.149. The van der Waals surface area contributed by atoms with E-state index in [-0.39, 0.29) is 55.9 Å². The molecule has 2 unspecified atom stereocenters. The molecule has 11 rings (SSSR count). The van der Waals surface area contributed by atoms with E-state index in [0.717, 1.165) is 82.1 Å². The number of benzene rings is 1. The molecular formula is C112H218N8O6. The molecule has 5 aromatic heterocycles. The Morgan fingerprint density at radius 1 is 0.357 bits per heavy atom. The zero-order valence-electron chi connectivity index (χ0n) is 94.3. The standard InChI is InChI=1S/C10H14.3C9H13N.C8H17NO.C8H15NO.C8H16O.C8H12O.C7H14N2O.C7H11NO.C7H14.11C2H6/c1-10(2,3)9-7-5-4-6-8-9;1-9(2,3)8-4-6-10-7-5-8;1-9(2,3)8-5-4-6-10-7-8;1-9(2,3)8-6-4-5-7-10-8;1-8(2,3)9-4-6-10-7-5-9;1-8(2,3)6-4-5-9-7(6)10;2*1-8(2,3)7-5-4-6-9-7;1-7(2,3)9-5-4-8-6(9)10;1-7(2,3)6-4-5-8-9-6;1-7(2,3)6-4-5-6;11*1-2/h4-8H,1-3H3;3*4-7H,1-3H3;4-7H2,1-3H3;6H,4-5H2,1-3H3,(H,9,10);7H,4-6H2,1-3H3;4-6H,1-3H3;4-5H2,1-3H3,(H,8,10);4-5H,1-3H3;6H,4-5H2,1-3H3;11*1-2H3. The van der Waals surface area contributed by atoms with Gasteiger partial charge in [0.25, 0.3) is 0 Å². The molecule has 1 aliphatic carbocycles. The SMILES string of the molecule is CC.CC.CC.CC.CC.CC.CC.CC.CC.CC.CC.CC(C)(C)C1CC1.CC(C)(C)C1CCCO1.CC(C)(C)C1CCNC1=O.CC(C)(C)N1CCNC1=O.CC(C)(C)N1CCOCC1.CC(C)(C)c1ccccc1.CC(C)(C)c1ccccn1.CC(C)(C)c1cccnc1.CC(C)(C)c1ccco1.CC(C)(C)c1ccncc1.CC(C)(C)c1ccno1. The Balaban J connectivity index is -0.000000125. The fourth-order valence-electron chi connectivity index (χ4n) is 10.7. The van der Waals surface area contributed by atoms with E-state index in [4.69, 9.17) is 18.4 Å². The number of carbonyl (C=O) groups excluding carboxylic acids is 2. The van der Waals surface area contributed by atoms with Crippen molar-refractivity contribution in [2.75, 3.05) is 52.5 Å². The summed E-state index contributed by atoms with van der Waals surface area (Å²) < 4.78 is 20.9. The Bertz CT molecular complexity index is 2880. The zero-order chi connectivity index (χ0) is 102. The van der Waals surface area contributed by atoms with E-state index in [2.05, 4.69) is 298 Å². The summed E-state index contributed by atoms with van der Waals surface area (Å²) in [6.45, 7) is 123. The summed E-state index contributed by atoms with van der Waals surface area (Å²) in [5.74, 6) is 3.48. The van der Waals surface area contributed by atoms with E-state index >= 15 is 0 Å². The van der Waals surface area contributed by atoms with Gasteiger partial charge in [0, 0.05) is 115 Å². The van der Waals surface area contributed by atoms with Gasteiger partial charge in [-0.15, -0.1) is 0 Å². The Kier molecular flexibility index (Phi) is 90.3. The predicted molar refractivity (Wildman–Crippen MR) is 565 cm³/mol. The summed E-state index contributed by atoms with van der Waals surface area (Å²) in [6.07, 6.45) is 19.6. The van der Waals surface area contributed by atoms with Crippen molar-refractivity contribution in [1.82, 2.24) is 40.5 Å². The van der Waals surface area contributed by atoms with Gasteiger partial charge in [0.1, 0.15) is 11.5 Å². The first kappa shape index (κ1) is 143. The van der Waals surface area contributed by atoms with Crippen LogP contribution in [0.1, 0.15) is 447 Å². The summed E-state index contributed by atoms with van der Waals surface area (Å²) >= 11 is 0. The predicted octanol–water partition coefficient (Wildman–Crippen LogP) is 33.7. The van der Waals surface area contributed by atoms with Crippen molar-refractivity contribution in [3.63, 3.8) is 0 Å². The maximum atomic E-state index is 11.1. The van der Waals surface area contributed by atoms with Crippen molar-refractivity contribution in [2.24, 2.45) is 28.1 Å². The number of pyridine rings is 3. The highest BCUT2D eigenvalue weighted by molar-refractivity contribution is 5.81. The van der Waals surface area contributed by atoms with Crippen molar-refractivity contribution >= 4 is 11.9 Å². The lowest BCUT2D eigenvalue weighted by molar-refractivity contribution is -0.125. The molecule has 9 heterocycles.